The summed E-state index contributed by atoms with van der Waals surface area (Å²) in [7, 11) is -9.12. The van der Waals surface area contributed by atoms with Gasteiger partial charge in [-0.05, 0) is 19.1 Å². The summed E-state index contributed by atoms with van der Waals surface area (Å²) in [6.45, 7) is 1.32. The molecule has 0 atom stereocenters. The topological polar surface area (TPSA) is 122 Å². The Morgan fingerprint density at radius 3 is 2.00 bits per heavy atom. The van der Waals surface area contributed by atoms with Crippen LogP contribution in [0.15, 0.2) is 22.1 Å². The van der Waals surface area contributed by atoms with Crippen molar-refractivity contribution in [2.24, 2.45) is 0 Å². The van der Waals surface area contributed by atoms with Gasteiger partial charge in [0.05, 0.1) is 4.90 Å². The molecule has 0 amide bonds. The van der Waals surface area contributed by atoms with Gasteiger partial charge in [-0.3, -0.25) is 9.11 Å². The van der Waals surface area contributed by atoms with Gasteiger partial charge in [-0.15, -0.1) is 0 Å². The van der Waals surface area contributed by atoms with Gasteiger partial charge in [-0.1, -0.05) is 0 Å². The number of aryl methyl sites for hydroxylation is 1. The van der Waals surface area contributed by atoms with Crippen molar-refractivity contribution in [1.82, 2.24) is 4.98 Å². The fourth-order valence-electron chi connectivity index (χ4n) is 0.889. The number of pyridine rings is 1. The summed E-state index contributed by atoms with van der Waals surface area (Å²) in [4.78, 5) is 2.77. The Morgan fingerprint density at radius 1 is 1.07 bits per heavy atom. The fourth-order valence-corrected chi connectivity index (χ4v) is 2.08. The van der Waals surface area contributed by atoms with Gasteiger partial charge in [0, 0.05) is 5.69 Å². The molecule has 0 aliphatic heterocycles. The second kappa shape index (κ2) is 3.52. The third-order valence-electron chi connectivity index (χ3n) is 1.47. The van der Waals surface area contributed by atoms with Gasteiger partial charge in [0.15, 0.2) is 5.03 Å². The summed E-state index contributed by atoms with van der Waals surface area (Å²) in [5.41, 5.74) is 0.0396. The average molecular weight is 253 g/mol. The smallest absolute Gasteiger partial charge is 0.282 e. The Hall–Kier alpha value is -1.03. The van der Waals surface area contributed by atoms with E-state index < -0.39 is 30.2 Å². The summed E-state index contributed by atoms with van der Waals surface area (Å²) in [6.07, 6.45) is 0. The van der Waals surface area contributed by atoms with Crippen LogP contribution in [-0.4, -0.2) is 30.9 Å². The predicted molar refractivity (Wildman–Crippen MR) is 48.6 cm³/mol. The van der Waals surface area contributed by atoms with Crippen molar-refractivity contribution in [2.45, 2.75) is 16.8 Å². The first-order chi connectivity index (χ1) is 6.60. The fraction of sp³-hybridized carbons (Fsp3) is 0.167. The Morgan fingerprint density at radius 2 is 1.60 bits per heavy atom. The van der Waals surface area contributed by atoms with Crippen LogP contribution in [0, 0.1) is 6.92 Å². The number of hydrogen-bond donors (Lipinski definition) is 2. The standard InChI is InChI=1S/C6H7NO6S2/c1-4-2-5(14(8,9)10)3-6(7-4)15(11,12)13/h2-3H,1H3,(H,8,9,10)(H,11,12,13). The Balaban J connectivity index is 3.57. The molecule has 0 radical (unpaired) electrons. The lowest BCUT2D eigenvalue weighted by atomic mass is 10.4. The molecule has 2 N–H and O–H groups in total. The predicted octanol–water partition coefficient (Wildman–Crippen LogP) is -0.117. The molecular formula is C6H7NO6S2. The maximum Gasteiger partial charge on any atom is 0.312 e. The molecule has 1 aromatic rings. The van der Waals surface area contributed by atoms with Crippen molar-refractivity contribution in [1.29, 1.82) is 0 Å². The average Bonchev–Trinajstić information content (AvgIpc) is 1.99. The van der Waals surface area contributed by atoms with E-state index in [-0.39, 0.29) is 5.69 Å². The minimum atomic E-state index is -4.59. The van der Waals surface area contributed by atoms with Gasteiger partial charge in [-0.2, -0.15) is 16.8 Å². The highest BCUT2D eigenvalue weighted by molar-refractivity contribution is 7.86. The molecule has 0 aliphatic carbocycles. The molecule has 0 saturated heterocycles. The third kappa shape index (κ3) is 2.96. The van der Waals surface area contributed by atoms with E-state index in [1.165, 1.54) is 6.92 Å². The number of nitrogens with zero attached hydrogens (tertiary/aromatic N) is 1. The van der Waals surface area contributed by atoms with E-state index in [2.05, 4.69) is 4.98 Å². The number of hydrogen-bond acceptors (Lipinski definition) is 5. The lowest BCUT2D eigenvalue weighted by molar-refractivity contribution is 0.477. The molecule has 7 nitrogen and oxygen atoms in total. The van der Waals surface area contributed by atoms with E-state index in [9.17, 15) is 16.8 Å². The second-order valence-electron chi connectivity index (χ2n) is 2.73. The SMILES string of the molecule is Cc1cc(S(=O)(=O)O)cc(S(=O)(=O)O)n1. The molecule has 0 fully saturated rings. The van der Waals surface area contributed by atoms with Crippen LogP contribution in [0.1, 0.15) is 5.69 Å². The molecule has 9 heteroatoms. The Bertz CT molecular complexity index is 538. The van der Waals surface area contributed by atoms with Crippen molar-refractivity contribution in [3.63, 3.8) is 0 Å². The van der Waals surface area contributed by atoms with Crippen molar-refractivity contribution in [3.8, 4) is 0 Å². The number of rotatable bonds is 2. The van der Waals surface area contributed by atoms with Crippen LogP contribution in [0.25, 0.3) is 0 Å². The van der Waals surface area contributed by atoms with Crippen LogP contribution in [0.5, 0.6) is 0 Å². The highest BCUT2D eigenvalue weighted by atomic mass is 32.2. The zero-order valence-electron chi connectivity index (χ0n) is 7.45. The summed E-state index contributed by atoms with van der Waals surface area (Å²) >= 11 is 0. The Labute approximate surface area is 86.3 Å². The lowest BCUT2D eigenvalue weighted by Gasteiger charge is -2.01. The Kier molecular flexibility index (Phi) is 2.83. The van der Waals surface area contributed by atoms with Gasteiger partial charge >= 0.3 is 10.1 Å². The largest absolute Gasteiger partial charge is 0.312 e. The first-order valence-electron chi connectivity index (χ1n) is 3.54. The first kappa shape index (κ1) is 12.0. The number of aromatic nitrogens is 1. The van der Waals surface area contributed by atoms with Crippen molar-refractivity contribution < 1.29 is 25.9 Å². The summed E-state index contributed by atoms with van der Waals surface area (Å²) < 4.78 is 60.1. The molecule has 84 valence electrons. The van der Waals surface area contributed by atoms with Crippen LogP contribution in [0.2, 0.25) is 0 Å². The van der Waals surface area contributed by atoms with Crippen LogP contribution >= 0.6 is 0 Å². The third-order valence-corrected chi connectivity index (χ3v) is 3.03. The molecule has 0 spiro atoms. The summed E-state index contributed by atoms with van der Waals surface area (Å²) in [5.74, 6) is 0. The van der Waals surface area contributed by atoms with E-state index in [0.29, 0.717) is 6.07 Å². The lowest BCUT2D eigenvalue weighted by Crippen LogP contribution is -2.06. The van der Waals surface area contributed by atoms with Crippen LogP contribution in [0.4, 0.5) is 0 Å². The van der Waals surface area contributed by atoms with Crippen LogP contribution in [0.3, 0.4) is 0 Å². The molecule has 1 aromatic heterocycles. The zero-order valence-corrected chi connectivity index (χ0v) is 9.08. The quantitative estimate of drug-likeness (QED) is 0.704. The molecule has 0 saturated carbocycles. The van der Waals surface area contributed by atoms with Gasteiger partial charge in [0.1, 0.15) is 0 Å². The highest BCUT2D eigenvalue weighted by Gasteiger charge is 2.18. The molecule has 0 bridgehead atoms. The van der Waals surface area contributed by atoms with Crippen molar-refractivity contribution in [3.05, 3.63) is 17.8 Å². The first-order valence-corrected chi connectivity index (χ1v) is 6.42. The normalized spacial score (nSPS) is 12.7. The minimum Gasteiger partial charge on any atom is -0.282 e. The van der Waals surface area contributed by atoms with E-state index in [0.717, 1.165) is 6.07 Å². The maximum absolute atomic E-state index is 10.7. The monoisotopic (exact) mass is 253 g/mol. The van der Waals surface area contributed by atoms with Gasteiger partial charge in [0.25, 0.3) is 10.1 Å². The molecule has 1 rings (SSSR count). The zero-order chi connectivity index (χ0) is 11.9. The second-order valence-corrected chi connectivity index (χ2v) is 5.52. The summed E-state index contributed by atoms with van der Waals surface area (Å²) in [5, 5.41) is -0.824. The van der Waals surface area contributed by atoms with Gasteiger partial charge in [0.2, 0.25) is 0 Å². The van der Waals surface area contributed by atoms with E-state index in [1.807, 2.05) is 0 Å². The van der Waals surface area contributed by atoms with Crippen LogP contribution in [-0.2, 0) is 20.2 Å². The van der Waals surface area contributed by atoms with E-state index >= 15 is 0 Å². The van der Waals surface area contributed by atoms with Crippen molar-refractivity contribution in [2.75, 3.05) is 0 Å². The molecule has 0 aromatic carbocycles. The van der Waals surface area contributed by atoms with Gasteiger partial charge in [-0.25, -0.2) is 4.98 Å². The summed E-state index contributed by atoms with van der Waals surface area (Å²) in [6, 6.07) is 1.54. The maximum atomic E-state index is 10.7. The molecule has 0 aliphatic rings. The van der Waals surface area contributed by atoms with E-state index in [1.54, 1.807) is 0 Å². The van der Waals surface area contributed by atoms with Gasteiger partial charge < -0.3 is 0 Å². The van der Waals surface area contributed by atoms with Crippen LogP contribution < -0.4 is 0 Å². The minimum absolute atomic E-state index is 0.0396. The molecule has 0 unspecified atom stereocenters. The molecule has 1 heterocycles. The highest BCUT2D eigenvalue weighted by Crippen LogP contribution is 2.14. The molecular weight excluding hydrogens is 246 g/mol. The molecule has 15 heavy (non-hydrogen) atoms. The van der Waals surface area contributed by atoms with E-state index in [4.69, 9.17) is 9.11 Å². The van der Waals surface area contributed by atoms with Crippen molar-refractivity contribution >= 4 is 20.2 Å².